The summed E-state index contributed by atoms with van der Waals surface area (Å²) in [6.45, 7) is 2.08. The van der Waals surface area contributed by atoms with Gasteiger partial charge in [0.1, 0.15) is 5.75 Å². The maximum absolute atomic E-state index is 6.39. The van der Waals surface area contributed by atoms with Crippen LogP contribution in [-0.4, -0.2) is 7.11 Å². The van der Waals surface area contributed by atoms with Gasteiger partial charge in [0, 0.05) is 6.04 Å². The van der Waals surface area contributed by atoms with Crippen molar-refractivity contribution in [1.82, 2.24) is 0 Å². The molecule has 2 heteroatoms. The molecule has 0 heterocycles. The van der Waals surface area contributed by atoms with Crippen LogP contribution < -0.4 is 10.5 Å². The van der Waals surface area contributed by atoms with Gasteiger partial charge < -0.3 is 10.5 Å². The minimum Gasteiger partial charge on any atom is -0.496 e. The normalized spacial score (nSPS) is 19.0. The van der Waals surface area contributed by atoms with E-state index in [4.69, 9.17) is 10.5 Å². The summed E-state index contributed by atoms with van der Waals surface area (Å²) < 4.78 is 5.28. The van der Waals surface area contributed by atoms with Gasteiger partial charge in [-0.2, -0.15) is 0 Å². The van der Waals surface area contributed by atoms with Crippen molar-refractivity contribution in [2.75, 3.05) is 7.11 Å². The molecule has 1 aliphatic carbocycles. The SMILES string of the molecule is COc1ccc([C@H](N)C2CCCCC2)cc1C. The van der Waals surface area contributed by atoms with E-state index in [1.54, 1.807) is 7.11 Å². The topological polar surface area (TPSA) is 35.2 Å². The fraction of sp³-hybridized carbons (Fsp3) is 0.600. The highest BCUT2D eigenvalue weighted by Gasteiger charge is 2.22. The van der Waals surface area contributed by atoms with Crippen molar-refractivity contribution < 1.29 is 4.74 Å². The van der Waals surface area contributed by atoms with Gasteiger partial charge in [-0.05, 0) is 42.9 Å². The molecular weight excluding hydrogens is 210 g/mol. The lowest BCUT2D eigenvalue weighted by molar-refractivity contribution is 0.308. The lowest BCUT2D eigenvalue weighted by atomic mass is 9.81. The summed E-state index contributed by atoms with van der Waals surface area (Å²) in [7, 11) is 1.71. The van der Waals surface area contributed by atoms with Crippen LogP contribution in [-0.2, 0) is 0 Å². The Kier molecular flexibility index (Phi) is 4.06. The third-order valence-electron chi connectivity index (χ3n) is 3.96. The maximum Gasteiger partial charge on any atom is 0.121 e. The first-order valence-corrected chi connectivity index (χ1v) is 6.62. The Bertz CT molecular complexity index is 369. The van der Waals surface area contributed by atoms with Crippen LogP contribution in [0.3, 0.4) is 0 Å². The van der Waals surface area contributed by atoms with Gasteiger partial charge in [0.25, 0.3) is 0 Å². The first kappa shape index (κ1) is 12.4. The van der Waals surface area contributed by atoms with Gasteiger partial charge in [-0.1, -0.05) is 31.4 Å². The molecule has 0 radical (unpaired) electrons. The van der Waals surface area contributed by atoms with Crippen LogP contribution in [0.15, 0.2) is 18.2 Å². The van der Waals surface area contributed by atoms with Gasteiger partial charge in [-0.15, -0.1) is 0 Å². The summed E-state index contributed by atoms with van der Waals surface area (Å²) in [5.74, 6) is 1.61. The number of hydrogen-bond donors (Lipinski definition) is 1. The second-order valence-electron chi connectivity index (χ2n) is 5.15. The van der Waals surface area contributed by atoms with Gasteiger partial charge in [0.2, 0.25) is 0 Å². The minimum absolute atomic E-state index is 0.194. The van der Waals surface area contributed by atoms with E-state index in [1.807, 2.05) is 6.07 Å². The fourth-order valence-corrected chi connectivity index (χ4v) is 2.87. The van der Waals surface area contributed by atoms with Crippen LogP contribution in [0.1, 0.15) is 49.3 Å². The quantitative estimate of drug-likeness (QED) is 0.866. The molecule has 2 nitrogen and oxygen atoms in total. The molecule has 1 aliphatic rings. The molecule has 17 heavy (non-hydrogen) atoms. The molecule has 0 saturated heterocycles. The molecular formula is C15H23NO. The average Bonchev–Trinajstić information content (AvgIpc) is 2.39. The second-order valence-corrected chi connectivity index (χ2v) is 5.15. The predicted octanol–water partition coefficient (Wildman–Crippen LogP) is 3.58. The Balaban J connectivity index is 2.12. The van der Waals surface area contributed by atoms with Crippen molar-refractivity contribution in [2.45, 2.75) is 45.1 Å². The monoisotopic (exact) mass is 233 g/mol. The number of methoxy groups -OCH3 is 1. The lowest BCUT2D eigenvalue weighted by Crippen LogP contribution is -2.23. The van der Waals surface area contributed by atoms with E-state index in [0.29, 0.717) is 5.92 Å². The molecule has 1 saturated carbocycles. The first-order valence-electron chi connectivity index (χ1n) is 6.62. The molecule has 94 valence electrons. The summed E-state index contributed by atoms with van der Waals surface area (Å²) in [6.07, 6.45) is 6.63. The van der Waals surface area contributed by atoms with Gasteiger partial charge in [0.15, 0.2) is 0 Å². The zero-order valence-electron chi connectivity index (χ0n) is 10.9. The third-order valence-corrected chi connectivity index (χ3v) is 3.96. The average molecular weight is 233 g/mol. The van der Waals surface area contributed by atoms with Crippen LogP contribution in [0, 0.1) is 12.8 Å². The Morgan fingerprint density at radius 3 is 2.53 bits per heavy atom. The second kappa shape index (κ2) is 5.54. The molecule has 1 fully saturated rings. The largest absolute Gasteiger partial charge is 0.496 e. The summed E-state index contributed by atoms with van der Waals surface area (Å²) in [4.78, 5) is 0. The number of rotatable bonds is 3. The highest BCUT2D eigenvalue weighted by molar-refractivity contribution is 5.37. The van der Waals surface area contributed by atoms with Crippen molar-refractivity contribution >= 4 is 0 Å². The van der Waals surface area contributed by atoms with Gasteiger partial charge in [0.05, 0.1) is 7.11 Å². The van der Waals surface area contributed by atoms with E-state index in [1.165, 1.54) is 43.2 Å². The molecule has 0 aliphatic heterocycles. The number of nitrogens with two attached hydrogens (primary N) is 1. The van der Waals surface area contributed by atoms with E-state index in [2.05, 4.69) is 19.1 Å². The molecule has 2 rings (SSSR count). The molecule has 0 spiro atoms. The number of aryl methyl sites for hydroxylation is 1. The predicted molar refractivity (Wildman–Crippen MR) is 71.2 cm³/mol. The molecule has 1 aromatic carbocycles. The molecule has 0 amide bonds. The Morgan fingerprint density at radius 1 is 1.24 bits per heavy atom. The lowest BCUT2D eigenvalue weighted by Gasteiger charge is -2.28. The van der Waals surface area contributed by atoms with Crippen LogP contribution in [0.4, 0.5) is 0 Å². The Morgan fingerprint density at radius 2 is 1.94 bits per heavy atom. The smallest absolute Gasteiger partial charge is 0.121 e. The number of hydrogen-bond acceptors (Lipinski definition) is 2. The van der Waals surface area contributed by atoms with Crippen molar-refractivity contribution in [2.24, 2.45) is 11.7 Å². The summed E-state index contributed by atoms with van der Waals surface area (Å²) in [5, 5.41) is 0. The number of ether oxygens (including phenoxy) is 1. The molecule has 2 N–H and O–H groups in total. The standard InChI is InChI=1S/C15H23NO/c1-11-10-13(8-9-14(11)17-2)15(16)12-6-4-3-5-7-12/h8-10,12,15H,3-7,16H2,1-2H3/t15-/m1/s1. The van der Waals surface area contributed by atoms with Crippen molar-refractivity contribution in [3.8, 4) is 5.75 Å². The van der Waals surface area contributed by atoms with E-state index < -0.39 is 0 Å². The third kappa shape index (κ3) is 2.81. The van der Waals surface area contributed by atoms with Crippen molar-refractivity contribution in [3.63, 3.8) is 0 Å². The van der Waals surface area contributed by atoms with E-state index >= 15 is 0 Å². The molecule has 0 bridgehead atoms. The van der Waals surface area contributed by atoms with E-state index in [-0.39, 0.29) is 6.04 Å². The summed E-state index contributed by atoms with van der Waals surface area (Å²) in [6, 6.07) is 6.52. The van der Waals surface area contributed by atoms with Crippen LogP contribution in [0.5, 0.6) is 5.75 Å². The molecule has 0 aromatic heterocycles. The molecule has 1 aromatic rings. The zero-order valence-corrected chi connectivity index (χ0v) is 10.9. The summed E-state index contributed by atoms with van der Waals surface area (Å²) >= 11 is 0. The Hall–Kier alpha value is -1.02. The fourth-order valence-electron chi connectivity index (χ4n) is 2.87. The maximum atomic E-state index is 6.39. The van der Waals surface area contributed by atoms with Crippen LogP contribution in [0.25, 0.3) is 0 Å². The highest BCUT2D eigenvalue weighted by Crippen LogP contribution is 2.34. The summed E-state index contributed by atoms with van der Waals surface area (Å²) in [5.41, 5.74) is 8.83. The van der Waals surface area contributed by atoms with Crippen LogP contribution >= 0.6 is 0 Å². The zero-order chi connectivity index (χ0) is 12.3. The number of benzene rings is 1. The molecule has 0 unspecified atom stereocenters. The van der Waals surface area contributed by atoms with E-state index in [9.17, 15) is 0 Å². The highest BCUT2D eigenvalue weighted by atomic mass is 16.5. The van der Waals surface area contributed by atoms with Crippen molar-refractivity contribution in [1.29, 1.82) is 0 Å². The van der Waals surface area contributed by atoms with E-state index in [0.717, 1.165) is 5.75 Å². The van der Waals surface area contributed by atoms with Gasteiger partial charge in [-0.25, -0.2) is 0 Å². The Labute approximate surface area is 104 Å². The van der Waals surface area contributed by atoms with Crippen molar-refractivity contribution in [3.05, 3.63) is 29.3 Å². The van der Waals surface area contributed by atoms with Gasteiger partial charge >= 0.3 is 0 Å². The van der Waals surface area contributed by atoms with Gasteiger partial charge in [-0.3, -0.25) is 0 Å². The molecule has 1 atom stereocenters. The van der Waals surface area contributed by atoms with Crippen LogP contribution in [0.2, 0.25) is 0 Å². The minimum atomic E-state index is 0.194. The first-order chi connectivity index (χ1) is 8.22.